The first-order chi connectivity index (χ1) is 11.1. The zero-order chi connectivity index (χ0) is 18.0. The fourth-order valence-corrected chi connectivity index (χ4v) is 2.87. The second-order valence-corrected chi connectivity index (χ2v) is 7.91. The first kappa shape index (κ1) is 18.3. The van der Waals surface area contributed by atoms with Crippen LogP contribution in [0.15, 0.2) is 30.3 Å². The monoisotopic (exact) mass is 333 g/mol. The molecule has 0 radical (unpaired) electrons. The second-order valence-electron chi connectivity index (χ2n) is 7.91. The summed E-state index contributed by atoms with van der Waals surface area (Å²) in [5.41, 5.74) is -0.0158. The van der Waals surface area contributed by atoms with E-state index >= 15 is 0 Å². The lowest BCUT2D eigenvalue weighted by atomic mass is 9.85. The SMILES string of the molecule is CC(C)(C)OC(=O)N1CCC(C)(C)[C@H]1C(=O)OCc1ccccc1. The Kier molecular flexibility index (Phi) is 5.21. The van der Waals surface area contributed by atoms with Crippen molar-refractivity contribution in [2.45, 2.75) is 59.3 Å². The van der Waals surface area contributed by atoms with Crippen molar-refractivity contribution < 1.29 is 19.1 Å². The van der Waals surface area contributed by atoms with Crippen LogP contribution in [0.5, 0.6) is 0 Å². The highest BCUT2D eigenvalue weighted by atomic mass is 16.6. The lowest BCUT2D eigenvalue weighted by molar-refractivity contribution is -0.153. The Bertz CT molecular complexity index is 589. The molecule has 1 aromatic carbocycles. The molecular weight excluding hydrogens is 306 g/mol. The molecule has 0 saturated carbocycles. The number of carbonyl (C=O) groups excluding carboxylic acids is 2. The average molecular weight is 333 g/mol. The van der Waals surface area contributed by atoms with Crippen molar-refractivity contribution in [2.75, 3.05) is 6.54 Å². The maximum Gasteiger partial charge on any atom is 0.411 e. The molecule has 132 valence electrons. The summed E-state index contributed by atoms with van der Waals surface area (Å²) in [5, 5.41) is 0. The van der Waals surface area contributed by atoms with Crippen molar-refractivity contribution in [2.24, 2.45) is 5.41 Å². The van der Waals surface area contributed by atoms with Crippen LogP contribution in [0.2, 0.25) is 0 Å². The molecule has 5 nitrogen and oxygen atoms in total. The number of amides is 1. The Balaban J connectivity index is 2.08. The summed E-state index contributed by atoms with van der Waals surface area (Å²) in [7, 11) is 0. The number of carbonyl (C=O) groups is 2. The van der Waals surface area contributed by atoms with E-state index in [1.54, 1.807) is 0 Å². The molecule has 0 aliphatic carbocycles. The predicted octanol–water partition coefficient (Wildman–Crippen LogP) is 3.77. The molecule has 0 unspecified atom stereocenters. The Labute approximate surface area is 143 Å². The van der Waals surface area contributed by atoms with Gasteiger partial charge >= 0.3 is 12.1 Å². The molecule has 0 spiro atoms. The molecular formula is C19H27NO4. The van der Waals surface area contributed by atoms with Crippen LogP contribution >= 0.6 is 0 Å². The van der Waals surface area contributed by atoms with Crippen molar-refractivity contribution >= 4 is 12.1 Å². The van der Waals surface area contributed by atoms with Gasteiger partial charge in [0.25, 0.3) is 0 Å². The molecule has 1 aliphatic rings. The van der Waals surface area contributed by atoms with Crippen molar-refractivity contribution in [3.8, 4) is 0 Å². The first-order valence-electron chi connectivity index (χ1n) is 8.30. The molecule has 24 heavy (non-hydrogen) atoms. The van der Waals surface area contributed by atoms with Crippen molar-refractivity contribution in [1.82, 2.24) is 4.90 Å². The number of benzene rings is 1. The molecule has 1 amide bonds. The molecule has 1 atom stereocenters. The zero-order valence-corrected chi connectivity index (χ0v) is 15.2. The Morgan fingerprint density at radius 2 is 1.83 bits per heavy atom. The third kappa shape index (κ3) is 4.49. The number of nitrogens with zero attached hydrogens (tertiary/aromatic N) is 1. The first-order valence-corrected chi connectivity index (χ1v) is 8.30. The van der Waals surface area contributed by atoms with Gasteiger partial charge in [-0.2, -0.15) is 0 Å². The van der Waals surface area contributed by atoms with E-state index in [-0.39, 0.29) is 18.0 Å². The van der Waals surface area contributed by atoms with E-state index in [1.165, 1.54) is 4.90 Å². The molecule has 1 heterocycles. The summed E-state index contributed by atoms with van der Waals surface area (Å²) >= 11 is 0. The summed E-state index contributed by atoms with van der Waals surface area (Å²) in [6.45, 7) is 10.1. The van der Waals surface area contributed by atoms with Gasteiger partial charge in [0.2, 0.25) is 0 Å². The van der Waals surface area contributed by atoms with Crippen molar-refractivity contribution in [3.05, 3.63) is 35.9 Å². The van der Waals surface area contributed by atoms with Crippen LogP contribution in [0.25, 0.3) is 0 Å². The lowest BCUT2D eigenvalue weighted by Crippen LogP contribution is -2.48. The highest BCUT2D eigenvalue weighted by Gasteiger charge is 2.49. The number of rotatable bonds is 3. The van der Waals surface area contributed by atoms with Gasteiger partial charge in [0.1, 0.15) is 18.2 Å². The molecule has 0 aromatic heterocycles. The smallest absolute Gasteiger partial charge is 0.411 e. The minimum absolute atomic E-state index is 0.203. The van der Waals surface area contributed by atoms with Crippen LogP contribution in [-0.4, -0.2) is 35.2 Å². The van der Waals surface area contributed by atoms with Gasteiger partial charge in [-0.25, -0.2) is 9.59 Å². The van der Waals surface area contributed by atoms with Crippen LogP contribution < -0.4 is 0 Å². The number of ether oxygens (including phenoxy) is 2. The minimum atomic E-state index is -0.629. The van der Waals surface area contributed by atoms with Gasteiger partial charge in [0.15, 0.2) is 0 Å². The quantitative estimate of drug-likeness (QED) is 0.790. The van der Waals surface area contributed by atoms with E-state index in [2.05, 4.69) is 0 Å². The topological polar surface area (TPSA) is 55.8 Å². The number of hydrogen-bond donors (Lipinski definition) is 0. The third-order valence-corrected chi connectivity index (χ3v) is 4.12. The predicted molar refractivity (Wildman–Crippen MR) is 91.4 cm³/mol. The van der Waals surface area contributed by atoms with Gasteiger partial charge in [-0.3, -0.25) is 4.90 Å². The normalized spacial score (nSPS) is 19.9. The fraction of sp³-hybridized carbons (Fsp3) is 0.579. The summed E-state index contributed by atoms with van der Waals surface area (Å²) in [4.78, 5) is 26.6. The molecule has 1 aromatic rings. The number of esters is 1. The van der Waals surface area contributed by atoms with Crippen molar-refractivity contribution in [3.63, 3.8) is 0 Å². The summed E-state index contributed by atoms with van der Waals surface area (Å²) in [6, 6.07) is 8.88. The third-order valence-electron chi connectivity index (χ3n) is 4.12. The zero-order valence-electron chi connectivity index (χ0n) is 15.2. The van der Waals surface area contributed by atoms with Gasteiger partial charge in [-0.1, -0.05) is 44.2 Å². The molecule has 0 N–H and O–H groups in total. The van der Waals surface area contributed by atoms with Gasteiger partial charge in [-0.05, 0) is 38.2 Å². The Morgan fingerprint density at radius 1 is 1.21 bits per heavy atom. The number of likely N-dealkylation sites (tertiary alicyclic amines) is 1. The molecule has 2 rings (SSSR count). The Morgan fingerprint density at radius 3 is 2.42 bits per heavy atom. The van der Waals surface area contributed by atoms with Crippen LogP contribution in [0, 0.1) is 5.41 Å². The second kappa shape index (κ2) is 6.83. The van der Waals surface area contributed by atoms with Crippen LogP contribution in [-0.2, 0) is 20.9 Å². The molecule has 1 saturated heterocycles. The van der Waals surface area contributed by atoms with E-state index in [0.717, 1.165) is 12.0 Å². The summed E-state index contributed by atoms with van der Waals surface area (Å²) in [5.74, 6) is -0.382. The fourth-order valence-electron chi connectivity index (χ4n) is 2.87. The highest BCUT2D eigenvalue weighted by Crippen LogP contribution is 2.37. The van der Waals surface area contributed by atoms with E-state index in [0.29, 0.717) is 6.54 Å². The summed E-state index contributed by atoms with van der Waals surface area (Å²) in [6.07, 6.45) is 0.270. The van der Waals surface area contributed by atoms with Crippen LogP contribution in [0.4, 0.5) is 4.79 Å². The van der Waals surface area contributed by atoms with Crippen molar-refractivity contribution in [1.29, 1.82) is 0 Å². The number of hydrogen-bond acceptors (Lipinski definition) is 4. The van der Waals surface area contributed by atoms with Gasteiger partial charge in [0.05, 0.1) is 0 Å². The largest absolute Gasteiger partial charge is 0.459 e. The van der Waals surface area contributed by atoms with E-state index in [1.807, 2.05) is 65.0 Å². The van der Waals surface area contributed by atoms with E-state index in [4.69, 9.17) is 9.47 Å². The minimum Gasteiger partial charge on any atom is -0.459 e. The molecule has 5 heteroatoms. The van der Waals surface area contributed by atoms with Gasteiger partial charge < -0.3 is 9.47 Å². The highest BCUT2D eigenvalue weighted by molar-refractivity contribution is 5.83. The lowest BCUT2D eigenvalue weighted by Gasteiger charge is -2.32. The maximum absolute atomic E-state index is 12.6. The molecule has 1 aliphatic heterocycles. The van der Waals surface area contributed by atoms with Gasteiger partial charge in [-0.15, -0.1) is 0 Å². The van der Waals surface area contributed by atoms with Gasteiger partial charge in [0, 0.05) is 6.54 Å². The average Bonchev–Trinajstić information content (AvgIpc) is 2.80. The standard InChI is InChI=1S/C19H27NO4/c1-18(2,3)24-17(22)20-12-11-19(4,5)15(20)16(21)23-13-14-9-7-6-8-10-14/h6-10,15H,11-13H2,1-5H3/t15-/m1/s1. The van der Waals surface area contributed by atoms with Crippen LogP contribution in [0.3, 0.4) is 0 Å². The summed E-state index contributed by atoms with van der Waals surface area (Å²) < 4.78 is 10.9. The molecule has 1 fully saturated rings. The van der Waals surface area contributed by atoms with E-state index in [9.17, 15) is 9.59 Å². The van der Waals surface area contributed by atoms with E-state index < -0.39 is 17.7 Å². The molecule has 0 bridgehead atoms. The Hall–Kier alpha value is -2.04. The van der Waals surface area contributed by atoms with Crippen LogP contribution in [0.1, 0.15) is 46.6 Å². The maximum atomic E-state index is 12.6.